The van der Waals surface area contributed by atoms with Crippen molar-refractivity contribution in [2.45, 2.75) is 5.16 Å². The summed E-state index contributed by atoms with van der Waals surface area (Å²) < 4.78 is 15.4. The van der Waals surface area contributed by atoms with Gasteiger partial charge in [-0.1, -0.05) is 41.6 Å². The first kappa shape index (κ1) is 13.1. The van der Waals surface area contributed by atoms with Crippen LogP contribution >= 0.6 is 23.4 Å². The van der Waals surface area contributed by atoms with Crippen molar-refractivity contribution in [2.75, 3.05) is 5.75 Å². The summed E-state index contributed by atoms with van der Waals surface area (Å²) in [6, 6.07) is 6.52. The second-order valence-corrected chi connectivity index (χ2v) is 4.76. The van der Waals surface area contributed by atoms with Crippen molar-refractivity contribution in [1.82, 2.24) is 14.8 Å². The molecule has 0 N–H and O–H groups in total. The van der Waals surface area contributed by atoms with Crippen molar-refractivity contribution in [3.8, 4) is 11.4 Å². The van der Waals surface area contributed by atoms with Crippen molar-refractivity contribution < 1.29 is 4.39 Å². The maximum atomic E-state index is 13.7. The molecule has 1 aromatic carbocycles. The van der Waals surface area contributed by atoms with Gasteiger partial charge in [-0.25, -0.2) is 4.39 Å². The number of hydrogen-bond acceptors (Lipinski definition) is 3. The molecule has 2 rings (SSSR count). The molecule has 0 aliphatic carbocycles. The Hall–Kier alpha value is -1.33. The van der Waals surface area contributed by atoms with Gasteiger partial charge >= 0.3 is 0 Å². The fourth-order valence-electron chi connectivity index (χ4n) is 1.48. The summed E-state index contributed by atoms with van der Waals surface area (Å²) in [4.78, 5) is 0. The third-order valence-corrected chi connectivity index (χ3v) is 3.50. The predicted octanol–water partition coefficient (Wildman–Crippen LogP) is 3.47. The summed E-state index contributed by atoms with van der Waals surface area (Å²) in [6.45, 7) is 0. The molecule has 1 heterocycles. The van der Waals surface area contributed by atoms with Crippen LogP contribution < -0.4 is 0 Å². The quantitative estimate of drug-likeness (QED) is 0.805. The van der Waals surface area contributed by atoms with E-state index < -0.39 is 0 Å². The highest BCUT2D eigenvalue weighted by Crippen LogP contribution is 2.24. The second kappa shape index (κ2) is 6.02. The van der Waals surface area contributed by atoms with Crippen LogP contribution in [0.5, 0.6) is 0 Å². The Labute approximate surface area is 114 Å². The monoisotopic (exact) mass is 283 g/mol. The van der Waals surface area contributed by atoms with Crippen LogP contribution in [0.25, 0.3) is 11.4 Å². The van der Waals surface area contributed by atoms with E-state index in [-0.39, 0.29) is 5.82 Å². The molecule has 0 fully saturated rings. The van der Waals surface area contributed by atoms with Crippen LogP contribution in [0, 0.1) is 5.82 Å². The van der Waals surface area contributed by atoms with Gasteiger partial charge in [0, 0.05) is 18.3 Å². The molecule has 0 atom stereocenters. The highest BCUT2D eigenvalue weighted by molar-refractivity contribution is 7.99. The molecular formula is C12H11ClFN3S. The number of rotatable bonds is 4. The molecule has 3 nitrogen and oxygen atoms in total. The maximum Gasteiger partial charge on any atom is 0.191 e. The van der Waals surface area contributed by atoms with E-state index in [1.807, 2.05) is 13.1 Å². The van der Waals surface area contributed by atoms with Gasteiger partial charge < -0.3 is 4.57 Å². The molecule has 0 bridgehead atoms. The van der Waals surface area contributed by atoms with Crippen LogP contribution in [0.1, 0.15) is 0 Å². The van der Waals surface area contributed by atoms with E-state index in [1.165, 1.54) is 23.4 Å². The van der Waals surface area contributed by atoms with Gasteiger partial charge in [-0.2, -0.15) is 0 Å². The Balaban J connectivity index is 2.28. The van der Waals surface area contributed by atoms with E-state index >= 15 is 0 Å². The second-order valence-electron chi connectivity index (χ2n) is 3.52. The van der Waals surface area contributed by atoms with Gasteiger partial charge in [-0.15, -0.1) is 10.2 Å². The average molecular weight is 284 g/mol. The molecule has 1 aromatic heterocycles. The average Bonchev–Trinajstić information content (AvgIpc) is 2.72. The SMILES string of the molecule is Cn1c(SCC=CCl)nnc1-c1ccccc1F. The highest BCUT2D eigenvalue weighted by Gasteiger charge is 2.13. The first-order valence-corrected chi connectivity index (χ1v) is 6.68. The summed E-state index contributed by atoms with van der Waals surface area (Å²) in [5, 5.41) is 8.78. The Morgan fingerprint density at radius 1 is 1.39 bits per heavy atom. The Morgan fingerprint density at radius 2 is 2.17 bits per heavy atom. The Morgan fingerprint density at radius 3 is 2.89 bits per heavy atom. The molecule has 0 radical (unpaired) electrons. The third-order valence-electron chi connectivity index (χ3n) is 2.35. The summed E-state index contributed by atoms with van der Waals surface area (Å²) in [6.07, 6.45) is 1.81. The minimum Gasteiger partial charge on any atom is -0.305 e. The smallest absolute Gasteiger partial charge is 0.191 e. The number of thioether (sulfide) groups is 1. The lowest BCUT2D eigenvalue weighted by molar-refractivity contribution is 0.628. The lowest BCUT2D eigenvalue weighted by atomic mass is 10.2. The summed E-state index contributed by atoms with van der Waals surface area (Å²) in [5.41, 5.74) is 1.91. The number of halogens is 2. The molecular weight excluding hydrogens is 273 g/mol. The highest BCUT2D eigenvalue weighted by atomic mass is 35.5. The van der Waals surface area contributed by atoms with Crippen molar-refractivity contribution in [1.29, 1.82) is 0 Å². The molecule has 6 heteroatoms. The van der Waals surface area contributed by atoms with Crippen molar-refractivity contribution in [3.63, 3.8) is 0 Å². The molecule has 0 amide bonds. The minimum absolute atomic E-state index is 0.301. The molecule has 0 saturated heterocycles. The molecule has 94 valence electrons. The van der Waals surface area contributed by atoms with Gasteiger partial charge in [0.05, 0.1) is 5.56 Å². The summed E-state index contributed by atoms with van der Waals surface area (Å²) >= 11 is 6.93. The van der Waals surface area contributed by atoms with E-state index in [4.69, 9.17) is 11.6 Å². The molecule has 0 aliphatic heterocycles. The zero-order valence-electron chi connectivity index (χ0n) is 9.68. The molecule has 2 aromatic rings. The topological polar surface area (TPSA) is 30.7 Å². The molecule has 0 saturated carbocycles. The van der Waals surface area contributed by atoms with Crippen molar-refractivity contribution in [2.24, 2.45) is 7.05 Å². The normalized spacial score (nSPS) is 11.3. The number of hydrogen-bond donors (Lipinski definition) is 0. The van der Waals surface area contributed by atoms with Gasteiger partial charge in [0.15, 0.2) is 11.0 Å². The van der Waals surface area contributed by atoms with E-state index in [2.05, 4.69) is 10.2 Å². The van der Waals surface area contributed by atoms with E-state index in [0.717, 1.165) is 5.16 Å². The van der Waals surface area contributed by atoms with Gasteiger partial charge in [0.25, 0.3) is 0 Å². The molecule has 0 aliphatic rings. The van der Waals surface area contributed by atoms with E-state index in [0.29, 0.717) is 17.1 Å². The van der Waals surface area contributed by atoms with Gasteiger partial charge in [0.2, 0.25) is 0 Å². The van der Waals surface area contributed by atoms with Crippen LogP contribution in [0.3, 0.4) is 0 Å². The largest absolute Gasteiger partial charge is 0.305 e. The lowest BCUT2D eigenvalue weighted by Gasteiger charge is -2.03. The van der Waals surface area contributed by atoms with E-state index in [1.54, 1.807) is 22.8 Å². The molecule has 0 unspecified atom stereocenters. The third kappa shape index (κ3) is 2.73. The van der Waals surface area contributed by atoms with Crippen LogP contribution in [0.15, 0.2) is 41.0 Å². The standard InChI is InChI=1S/C12H11ClFN3S/c1-17-11(9-5-2-3-6-10(9)14)15-16-12(17)18-8-4-7-13/h2-7H,8H2,1H3. The van der Waals surface area contributed by atoms with Gasteiger partial charge in [0.1, 0.15) is 5.82 Å². The zero-order valence-corrected chi connectivity index (χ0v) is 11.2. The molecule has 18 heavy (non-hydrogen) atoms. The van der Waals surface area contributed by atoms with Crippen LogP contribution in [-0.2, 0) is 7.05 Å². The van der Waals surface area contributed by atoms with Crippen LogP contribution in [-0.4, -0.2) is 20.5 Å². The zero-order chi connectivity index (χ0) is 13.0. The Kier molecular flexibility index (Phi) is 4.38. The minimum atomic E-state index is -0.301. The fraction of sp³-hybridized carbons (Fsp3) is 0.167. The first-order chi connectivity index (χ1) is 8.74. The van der Waals surface area contributed by atoms with Gasteiger partial charge in [-0.3, -0.25) is 0 Å². The van der Waals surface area contributed by atoms with Crippen molar-refractivity contribution >= 4 is 23.4 Å². The number of aromatic nitrogens is 3. The van der Waals surface area contributed by atoms with Crippen LogP contribution in [0.2, 0.25) is 0 Å². The summed E-state index contributed by atoms with van der Waals surface area (Å²) in [7, 11) is 1.81. The predicted molar refractivity (Wildman–Crippen MR) is 72.1 cm³/mol. The number of benzene rings is 1. The maximum absolute atomic E-state index is 13.7. The summed E-state index contributed by atoms with van der Waals surface area (Å²) in [5.74, 6) is 0.919. The first-order valence-electron chi connectivity index (χ1n) is 5.26. The van der Waals surface area contributed by atoms with Crippen molar-refractivity contribution in [3.05, 3.63) is 41.7 Å². The fourth-order valence-corrected chi connectivity index (χ4v) is 2.39. The lowest BCUT2D eigenvalue weighted by Crippen LogP contribution is -1.96. The Bertz CT molecular complexity index is 568. The molecule has 0 spiro atoms. The van der Waals surface area contributed by atoms with Crippen LogP contribution in [0.4, 0.5) is 4.39 Å². The van der Waals surface area contributed by atoms with E-state index in [9.17, 15) is 4.39 Å². The number of nitrogens with zero attached hydrogens (tertiary/aromatic N) is 3. The van der Waals surface area contributed by atoms with Gasteiger partial charge in [-0.05, 0) is 12.1 Å².